The Kier molecular flexibility index (Phi) is 5.82. The molecule has 0 unspecified atom stereocenters. The lowest BCUT2D eigenvalue weighted by Crippen LogP contribution is -2.44. The Labute approximate surface area is 128 Å². The lowest BCUT2D eigenvalue weighted by atomic mass is 10.1. The molecule has 1 N–H and O–H groups in total. The van der Waals surface area contributed by atoms with E-state index in [2.05, 4.69) is 9.46 Å². The number of halogens is 2. The van der Waals surface area contributed by atoms with Crippen LogP contribution in [0, 0.1) is 5.92 Å². The molecule has 1 rings (SSSR count). The molecule has 0 fully saturated rings. The first-order chi connectivity index (χ1) is 9.19. The molecular formula is C12H15Cl2NO4S. The summed E-state index contributed by atoms with van der Waals surface area (Å²) in [4.78, 5) is 11.5. The predicted octanol–water partition coefficient (Wildman–Crippen LogP) is 2.47. The van der Waals surface area contributed by atoms with Crippen molar-refractivity contribution in [3.05, 3.63) is 28.2 Å². The summed E-state index contributed by atoms with van der Waals surface area (Å²) in [5.74, 6) is -0.933. The lowest BCUT2D eigenvalue weighted by Gasteiger charge is -2.20. The monoisotopic (exact) mass is 339 g/mol. The first kappa shape index (κ1) is 17.2. The molecule has 0 aliphatic heterocycles. The van der Waals surface area contributed by atoms with Gasteiger partial charge in [0.15, 0.2) is 0 Å². The van der Waals surface area contributed by atoms with Gasteiger partial charge in [-0.2, -0.15) is 4.72 Å². The van der Waals surface area contributed by atoms with E-state index in [0.717, 1.165) is 0 Å². The first-order valence-corrected chi connectivity index (χ1v) is 7.98. The average Bonchev–Trinajstić information content (AvgIpc) is 2.34. The van der Waals surface area contributed by atoms with Crippen LogP contribution in [-0.2, 0) is 19.6 Å². The van der Waals surface area contributed by atoms with Crippen LogP contribution in [0.4, 0.5) is 0 Å². The highest BCUT2D eigenvalue weighted by Crippen LogP contribution is 2.25. The van der Waals surface area contributed by atoms with Crippen molar-refractivity contribution in [2.75, 3.05) is 7.11 Å². The summed E-state index contributed by atoms with van der Waals surface area (Å²) in [5, 5.41) is 0.305. The van der Waals surface area contributed by atoms with Crippen LogP contribution < -0.4 is 4.72 Å². The van der Waals surface area contributed by atoms with Crippen LogP contribution in [0.25, 0.3) is 0 Å². The standard InChI is InChI=1S/C12H15Cl2NO4S/c1-7(2)11(12(16)19-3)15-20(17,18)10-5-4-8(13)6-9(10)14/h4-7,11,15H,1-3H3/t11-/m0/s1. The Morgan fingerprint density at radius 2 is 1.90 bits per heavy atom. The number of hydrogen-bond acceptors (Lipinski definition) is 4. The molecule has 0 saturated heterocycles. The van der Waals surface area contributed by atoms with Gasteiger partial charge in [-0.05, 0) is 24.1 Å². The van der Waals surface area contributed by atoms with Crippen molar-refractivity contribution in [1.29, 1.82) is 0 Å². The number of sulfonamides is 1. The molecule has 0 amide bonds. The van der Waals surface area contributed by atoms with Gasteiger partial charge in [0.05, 0.1) is 12.1 Å². The third-order valence-electron chi connectivity index (χ3n) is 2.59. The molecule has 0 radical (unpaired) electrons. The van der Waals surface area contributed by atoms with Crippen LogP contribution >= 0.6 is 23.2 Å². The molecule has 0 spiro atoms. The fourth-order valence-electron chi connectivity index (χ4n) is 1.51. The minimum Gasteiger partial charge on any atom is -0.468 e. The van der Waals surface area contributed by atoms with Gasteiger partial charge in [-0.1, -0.05) is 37.0 Å². The molecule has 1 aromatic carbocycles. The fourth-order valence-corrected chi connectivity index (χ4v) is 3.61. The zero-order valence-electron chi connectivity index (χ0n) is 11.2. The zero-order valence-corrected chi connectivity index (χ0v) is 13.5. The summed E-state index contributed by atoms with van der Waals surface area (Å²) in [6, 6.07) is 3.02. The highest BCUT2D eigenvalue weighted by atomic mass is 35.5. The van der Waals surface area contributed by atoms with Crippen molar-refractivity contribution in [3.63, 3.8) is 0 Å². The molecule has 0 heterocycles. The lowest BCUT2D eigenvalue weighted by molar-refractivity contribution is -0.143. The Balaban J connectivity index is 3.13. The van der Waals surface area contributed by atoms with Gasteiger partial charge in [0, 0.05) is 5.02 Å². The average molecular weight is 340 g/mol. The Hall–Kier alpha value is -0.820. The number of hydrogen-bond donors (Lipinski definition) is 1. The normalized spacial score (nSPS) is 13.3. The third-order valence-corrected chi connectivity index (χ3v) is 4.75. The topological polar surface area (TPSA) is 72.5 Å². The van der Waals surface area contributed by atoms with Crippen LogP contribution in [0.15, 0.2) is 23.1 Å². The molecule has 5 nitrogen and oxygen atoms in total. The largest absolute Gasteiger partial charge is 0.468 e. The summed E-state index contributed by atoms with van der Waals surface area (Å²) in [6.45, 7) is 3.40. The first-order valence-electron chi connectivity index (χ1n) is 5.74. The number of carbonyl (C=O) groups excluding carboxylic acids is 1. The maximum atomic E-state index is 12.3. The van der Waals surface area contributed by atoms with E-state index in [1.54, 1.807) is 13.8 Å². The molecule has 8 heteroatoms. The number of rotatable bonds is 5. The summed E-state index contributed by atoms with van der Waals surface area (Å²) in [6.07, 6.45) is 0. The number of esters is 1. The SMILES string of the molecule is COC(=O)[C@@H](NS(=O)(=O)c1ccc(Cl)cc1Cl)C(C)C. The molecule has 0 aliphatic rings. The van der Waals surface area contributed by atoms with Crippen LogP contribution in [0.3, 0.4) is 0 Å². The molecule has 0 aliphatic carbocycles. The Morgan fingerprint density at radius 1 is 1.30 bits per heavy atom. The Morgan fingerprint density at radius 3 is 2.35 bits per heavy atom. The number of nitrogens with one attached hydrogen (secondary N) is 1. The Bertz CT molecular complexity index is 601. The minimum atomic E-state index is -3.95. The second kappa shape index (κ2) is 6.76. The second-order valence-electron chi connectivity index (χ2n) is 4.44. The van der Waals surface area contributed by atoms with E-state index in [1.165, 1.54) is 25.3 Å². The van der Waals surface area contributed by atoms with Crippen molar-refractivity contribution >= 4 is 39.2 Å². The van der Waals surface area contributed by atoms with Gasteiger partial charge in [-0.15, -0.1) is 0 Å². The summed E-state index contributed by atoms with van der Waals surface area (Å²) in [5.41, 5.74) is 0. The van der Waals surface area contributed by atoms with E-state index in [9.17, 15) is 13.2 Å². The van der Waals surface area contributed by atoms with Crippen molar-refractivity contribution in [2.45, 2.75) is 24.8 Å². The number of carbonyl (C=O) groups is 1. The predicted molar refractivity (Wildman–Crippen MR) is 77.4 cm³/mol. The quantitative estimate of drug-likeness (QED) is 0.836. The summed E-state index contributed by atoms with van der Waals surface area (Å²) in [7, 11) is -2.75. The van der Waals surface area contributed by atoms with Gasteiger partial charge < -0.3 is 4.74 Å². The van der Waals surface area contributed by atoms with Crippen LogP contribution in [-0.4, -0.2) is 27.5 Å². The maximum absolute atomic E-state index is 12.3. The van der Waals surface area contributed by atoms with Crippen LogP contribution in [0.1, 0.15) is 13.8 Å². The van der Waals surface area contributed by atoms with E-state index in [0.29, 0.717) is 5.02 Å². The smallest absolute Gasteiger partial charge is 0.324 e. The van der Waals surface area contributed by atoms with Gasteiger partial charge in [0.2, 0.25) is 10.0 Å². The van der Waals surface area contributed by atoms with Gasteiger partial charge in [-0.25, -0.2) is 8.42 Å². The molecule has 1 aromatic rings. The summed E-state index contributed by atoms with van der Waals surface area (Å²) >= 11 is 11.6. The van der Waals surface area contributed by atoms with Gasteiger partial charge >= 0.3 is 5.97 Å². The molecule has 1 atom stereocenters. The van der Waals surface area contributed by atoms with Crippen molar-refractivity contribution in [3.8, 4) is 0 Å². The third kappa shape index (κ3) is 4.09. The number of methoxy groups -OCH3 is 1. The van der Waals surface area contributed by atoms with E-state index >= 15 is 0 Å². The maximum Gasteiger partial charge on any atom is 0.324 e. The van der Waals surface area contributed by atoms with Gasteiger partial charge in [-0.3, -0.25) is 4.79 Å². The molecular weight excluding hydrogens is 325 g/mol. The zero-order chi connectivity index (χ0) is 15.5. The molecule has 0 saturated carbocycles. The fraction of sp³-hybridized carbons (Fsp3) is 0.417. The second-order valence-corrected chi connectivity index (χ2v) is 6.97. The van der Waals surface area contributed by atoms with Gasteiger partial charge in [0.25, 0.3) is 0 Å². The van der Waals surface area contributed by atoms with E-state index in [-0.39, 0.29) is 15.8 Å². The molecule has 112 valence electrons. The van der Waals surface area contributed by atoms with Crippen molar-refractivity contribution in [1.82, 2.24) is 4.72 Å². The van der Waals surface area contributed by atoms with Crippen LogP contribution in [0.5, 0.6) is 0 Å². The van der Waals surface area contributed by atoms with Crippen molar-refractivity contribution in [2.24, 2.45) is 5.92 Å². The van der Waals surface area contributed by atoms with Gasteiger partial charge in [0.1, 0.15) is 10.9 Å². The van der Waals surface area contributed by atoms with E-state index in [4.69, 9.17) is 23.2 Å². The molecule has 0 aromatic heterocycles. The molecule has 0 bridgehead atoms. The summed E-state index contributed by atoms with van der Waals surface area (Å²) < 4.78 is 31.4. The highest BCUT2D eigenvalue weighted by Gasteiger charge is 2.30. The van der Waals surface area contributed by atoms with Crippen LogP contribution in [0.2, 0.25) is 10.0 Å². The van der Waals surface area contributed by atoms with Crippen molar-refractivity contribution < 1.29 is 17.9 Å². The molecule has 20 heavy (non-hydrogen) atoms. The number of ether oxygens (including phenoxy) is 1. The number of benzene rings is 1. The van der Waals surface area contributed by atoms with E-state index < -0.39 is 22.0 Å². The highest BCUT2D eigenvalue weighted by molar-refractivity contribution is 7.89. The minimum absolute atomic E-state index is 0.0163. The van der Waals surface area contributed by atoms with E-state index in [1.807, 2.05) is 0 Å².